The molecule has 0 radical (unpaired) electrons. The summed E-state index contributed by atoms with van der Waals surface area (Å²) in [6.07, 6.45) is 1.68. The first-order valence-electron chi connectivity index (χ1n) is 7.27. The number of nitrogens with zero attached hydrogens (tertiary/aromatic N) is 1. The van der Waals surface area contributed by atoms with Gasteiger partial charge in [-0.3, -0.25) is 4.79 Å². The Hall–Kier alpha value is -2.75. The number of benzene rings is 2. The van der Waals surface area contributed by atoms with E-state index in [1.54, 1.807) is 0 Å². The Balaban J connectivity index is 1.70. The van der Waals surface area contributed by atoms with Crippen LogP contribution in [0.5, 0.6) is 0 Å². The molecule has 22 heavy (non-hydrogen) atoms. The highest BCUT2D eigenvalue weighted by molar-refractivity contribution is 5.94. The smallest absolute Gasteiger partial charge is 0.254 e. The van der Waals surface area contributed by atoms with Crippen LogP contribution in [0.3, 0.4) is 0 Å². The first kappa shape index (κ1) is 14.2. The molecule has 4 nitrogen and oxygen atoms in total. The highest BCUT2D eigenvalue weighted by atomic mass is 16.2. The molecule has 1 atom stereocenters. The zero-order valence-corrected chi connectivity index (χ0v) is 12.7. The van der Waals surface area contributed by atoms with E-state index in [0.29, 0.717) is 5.56 Å². The minimum atomic E-state index is -0.247. The topological polar surface area (TPSA) is 44.4 Å². The van der Waals surface area contributed by atoms with Crippen LogP contribution in [0.15, 0.2) is 60.8 Å². The van der Waals surface area contributed by atoms with E-state index in [1.807, 2.05) is 67.5 Å². The van der Waals surface area contributed by atoms with Gasteiger partial charge in [0.15, 0.2) is 6.29 Å². The van der Waals surface area contributed by atoms with Crippen molar-refractivity contribution in [3.63, 3.8) is 0 Å². The van der Waals surface area contributed by atoms with Crippen molar-refractivity contribution in [3.05, 3.63) is 77.5 Å². The van der Waals surface area contributed by atoms with Crippen molar-refractivity contribution in [1.29, 1.82) is 0 Å². The summed E-state index contributed by atoms with van der Waals surface area (Å²) in [4.78, 5) is 14.4. The van der Waals surface area contributed by atoms with E-state index in [-0.39, 0.29) is 12.2 Å². The molecule has 0 aromatic heterocycles. The van der Waals surface area contributed by atoms with E-state index in [2.05, 4.69) is 22.8 Å². The van der Waals surface area contributed by atoms with Crippen molar-refractivity contribution < 1.29 is 4.79 Å². The number of hydrogen-bond acceptors (Lipinski definition) is 3. The molecule has 0 aliphatic carbocycles. The van der Waals surface area contributed by atoms with Gasteiger partial charge in [0, 0.05) is 18.8 Å². The maximum absolute atomic E-state index is 12.3. The van der Waals surface area contributed by atoms with Crippen molar-refractivity contribution in [3.8, 4) is 0 Å². The lowest BCUT2D eigenvalue weighted by Gasteiger charge is -2.25. The van der Waals surface area contributed by atoms with Gasteiger partial charge >= 0.3 is 0 Å². The molecule has 1 amide bonds. The average molecular weight is 293 g/mol. The third-order valence-corrected chi connectivity index (χ3v) is 3.76. The summed E-state index contributed by atoms with van der Waals surface area (Å²) < 4.78 is 0. The van der Waals surface area contributed by atoms with Gasteiger partial charge in [-0.2, -0.15) is 0 Å². The van der Waals surface area contributed by atoms with Gasteiger partial charge in [-0.25, -0.2) is 0 Å². The molecular weight excluding hydrogens is 274 g/mol. The average Bonchev–Trinajstić information content (AvgIpc) is 2.89. The van der Waals surface area contributed by atoms with Crippen molar-refractivity contribution in [2.45, 2.75) is 13.2 Å². The van der Waals surface area contributed by atoms with Crippen molar-refractivity contribution in [2.75, 3.05) is 7.05 Å². The molecule has 1 heterocycles. The van der Waals surface area contributed by atoms with E-state index in [9.17, 15) is 4.79 Å². The minimum absolute atomic E-state index is 0.0873. The highest BCUT2D eigenvalue weighted by Crippen LogP contribution is 2.22. The maximum atomic E-state index is 12.3. The molecule has 0 fully saturated rings. The summed E-state index contributed by atoms with van der Waals surface area (Å²) in [5.41, 5.74) is 3.91. The van der Waals surface area contributed by atoms with Crippen molar-refractivity contribution in [2.24, 2.45) is 0 Å². The minimum Gasteiger partial charge on any atom is -0.353 e. The Morgan fingerprint density at radius 3 is 2.64 bits per heavy atom. The third-order valence-electron chi connectivity index (χ3n) is 3.76. The van der Waals surface area contributed by atoms with E-state index in [4.69, 9.17) is 0 Å². The van der Waals surface area contributed by atoms with E-state index in [0.717, 1.165) is 16.8 Å². The molecular formula is C18H19N3O. The van der Waals surface area contributed by atoms with Crippen LogP contribution in [0, 0.1) is 6.92 Å². The lowest BCUT2D eigenvalue weighted by molar-refractivity contribution is 0.0901. The number of carbonyl (C=O) groups excluding carboxylic acids is 1. The molecule has 112 valence electrons. The molecule has 0 bridgehead atoms. The quantitative estimate of drug-likeness (QED) is 0.914. The van der Waals surface area contributed by atoms with Crippen molar-refractivity contribution in [1.82, 2.24) is 15.5 Å². The first-order chi connectivity index (χ1) is 10.6. The number of hydrogen-bond donors (Lipinski definition) is 2. The van der Waals surface area contributed by atoms with Crippen LogP contribution in [-0.2, 0) is 0 Å². The Labute approximate surface area is 130 Å². The molecule has 2 aromatic carbocycles. The second-order valence-electron chi connectivity index (χ2n) is 5.42. The number of rotatable bonds is 3. The SMILES string of the molecule is Cc1cccc(C(=O)NC2NC=C(c3ccccc3)N2C)c1. The molecule has 4 heteroatoms. The van der Waals surface area contributed by atoms with Crippen LogP contribution in [0.4, 0.5) is 0 Å². The van der Waals surface area contributed by atoms with Gasteiger partial charge in [-0.1, -0.05) is 48.0 Å². The van der Waals surface area contributed by atoms with Gasteiger partial charge in [0.05, 0.1) is 5.70 Å². The fourth-order valence-electron chi connectivity index (χ4n) is 2.54. The molecule has 0 saturated carbocycles. The Bertz CT molecular complexity index is 709. The van der Waals surface area contributed by atoms with Gasteiger partial charge < -0.3 is 15.5 Å². The summed E-state index contributed by atoms with van der Waals surface area (Å²) in [5, 5.41) is 6.20. The van der Waals surface area contributed by atoms with Crippen molar-refractivity contribution >= 4 is 11.6 Å². The molecule has 1 aliphatic rings. The number of nitrogens with one attached hydrogen (secondary N) is 2. The van der Waals surface area contributed by atoms with Crippen LogP contribution in [0.2, 0.25) is 0 Å². The maximum Gasteiger partial charge on any atom is 0.254 e. The van der Waals surface area contributed by atoms with E-state index in [1.165, 1.54) is 0 Å². The standard InChI is InChI=1S/C18H19N3O/c1-13-7-6-10-15(11-13)17(22)20-18-19-12-16(21(18)2)14-8-4-3-5-9-14/h3-12,18-19H,1-2H3,(H,20,22). The molecule has 2 N–H and O–H groups in total. The van der Waals surface area contributed by atoms with Crippen LogP contribution < -0.4 is 10.6 Å². The monoisotopic (exact) mass is 293 g/mol. The second-order valence-corrected chi connectivity index (χ2v) is 5.42. The first-order valence-corrected chi connectivity index (χ1v) is 7.27. The molecule has 3 rings (SSSR count). The summed E-state index contributed by atoms with van der Waals surface area (Å²) in [6.45, 7) is 1.98. The fourth-order valence-corrected chi connectivity index (χ4v) is 2.54. The lowest BCUT2D eigenvalue weighted by atomic mass is 10.1. The summed E-state index contributed by atoms with van der Waals surface area (Å²) in [6, 6.07) is 17.7. The van der Waals surface area contributed by atoms with Crippen LogP contribution in [-0.4, -0.2) is 24.1 Å². The fraction of sp³-hybridized carbons (Fsp3) is 0.167. The number of amides is 1. The predicted octanol–water partition coefficient (Wildman–Crippen LogP) is 2.54. The third kappa shape index (κ3) is 2.81. The van der Waals surface area contributed by atoms with Crippen LogP contribution in [0.25, 0.3) is 5.70 Å². The largest absolute Gasteiger partial charge is 0.353 e. The Morgan fingerprint density at radius 1 is 1.14 bits per heavy atom. The summed E-state index contributed by atoms with van der Waals surface area (Å²) >= 11 is 0. The predicted molar refractivity (Wildman–Crippen MR) is 87.8 cm³/mol. The number of aryl methyl sites for hydroxylation is 1. The Kier molecular flexibility index (Phi) is 3.83. The van der Waals surface area contributed by atoms with Crippen LogP contribution >= 0.6 is 0 Å². The van der Waals surface area contributed by atoms with Gasteiger partial charge in [-0.05, 0) is 24.6 Å². The molecule has 1 unspecified atom stereocenters. The molecule has 0 saturated heterocycles. The van der Waals surface area contributed by atoms with Gasteiger partial charge in [0.25, 0.3) is 5.91 Å². The highest BCUT2D eigenvalue weighted by Gasteiger charge is 2.24. The molecule has 0 spiro atoms. The van der Waals surface area contributed by atoms with E-state index >= 15 is 0 Å². The number of carbonyl (C=O) groups is 1. The van der Waals surface area contributed by atoms with Gasteiger partial charge in [-0.15, -0.1) is 0 Å². The van der Waals surface area contributed by atoms with Gasteiger partial charge in [0.1, 0.15) is 0 Å². The summed E-state index contributed by atoms with van der Waals surface area (Å²) in [7, 11) is 1.96. The normalized spacial score (nSPS) is 16.9. The lowest BCUT2D eigenvalue weighted by Crippen LogP contribution is -2.49. The van der Waals surface area contributed by atoms with E-state index < -0.39 is 0 Å². The zero-order chi connectivity index (χ0) is 15.5. The molecule has 2 aromatic rings. The van der Waals surface area contributed by atoms with Crippen LogP contribution in [0.1, 0.15) is 21.5 Å². The summed E-state index contributed by atoms with van der Waals surface area (Å²) in [5.74, 6) is -0.0873. The zero-order valence-electron chi connectivity index (χ0n) is 12.7. The van der Waals surface area contributed by atoms with Gasteiger partial charge in [0.2, 0.25) is 0 Å². The second kappa shape index (κ2) is 5.93. The molecule has 1 aliphatic heterocycles. The Morgan fingerprint density at radius 2 is 1.91 bits per heavy atom.